The Bertz CT molecular complexity index is 909. The first-order valence-corrected chi connectivity index (χ1v) is 9.26. The molecule has 6 nitrogen and oxygen atoms in total. The molecule has 3 rings (SSSR count). The highest BCUT2D eigenvalue weighted by molar-refractivity contribution is 7.17. The summed E-state index contributed by atoms with van der Waals surface area (Å²) in [6.07, 6.45) is 1.51. The van der Waals surface area contributed by atoms with Gasteiger partial charge in [-0.25, -0.2) is 14.8 Å². The molecule has 9 heteroatoms. The van der Waals surface area contributed by atoms with Gasteiger partial charge in [0.2, 0.25) is 0 Å². The standard InChI is InChI=1S/C16H12ClN3O3S2/c1-9-13(25-15(19-9)10-4-6-24-8-10)16(22)23-7-12(21)20-11-3-2-5-18-14(11)17/h2-6,8H,7H2,1H3,(H,20,21). The average Bonchev–Trinajstić information content (AvgIpc) is 3.24. The predicted octanol–water partition coefficient (Wildman–Crippen LogP) is 4.02. The molecule has 3 aromatic heterocycles. The van der Waals surface area contributed by atoms with Crippen molar-refractivity contribution >= 4 is 51.8 Å². The molecule has 1 N–H and O–H groups in total. The molecule has 0 saturated heterocycles. The normalized spacial score (nSPS) is 10.5. The van der Waals surface area contributed by atoms with Crippen LogP contribution in [0.2, 0.25) is 5.15 Å². The molecule has 1 amide bonds. The summed E-state index contributed by atoms with van der Waals surface area (Å²) >= 11 is 8.66. The Morgan fingerprint density at radius 1 is 1.36 bits per heavy atom. The van der Waals surface area contributed by atoms with Crippen molar-refractivity contribution in [1.82, 2.24) is 9.97 Å². The number of hydrogen-bond acceptors (Lipinski definition) is 7. The number of ether oxygens (including phenoxy) is 1. The topological polar surface area (TPSA) is 81.2 Å². The van der Waals surface area contributed by atoms with Crippen LogP contribution in [0.4, 0.5) is 5.69 Å². The van der Waals surface area contributed by atoms with E-state index < -0.39 is 18.5 Å². The molecule has 0 unspecified atom stereocenters. The highest BCUT2D eigenvalue weighted by Gasteiger charge is 2.19. The van der Waals surface area contributed by atoms with Crippen molar-refractivity contribution in [3.63, 3.8) is 0 Å². The number of thiophene rings is 1. The van der Waals surface area contributed by atoms with Crippen molar-refractivity contribution in [2.75, 3.05) is 11.9 Å². The SMILES string of the molecule is Cc1nc(-c2ccsc2)sc1C(=O)OCC(=O)Nc1cccnc1Cl. The maximum Gasteiger partial charge on any atom is 0.350 e. The number of aryl methyl sites for hydroxylation is 1. The van der Waals surface area contributed by atoms with Crippen molar-refractivity contribution in [2.45, 2.75) is 6.92 Å². The van der Waals surface area contributed by atoms with Crippen LogP contribution in [0, 0.1) is 6.92 Å². The smallest absolute Gasteiger partial charge is 0.350 e. The number of halogens is 1. The summed E-state index contributed by atoms with van der Waals surface area (Å²) in [7, 11) is 0. The summed E-state index contributed by atoms with van der Waals surface area (Å²) in [6, 6.07) is 5.18. The molecule has 0 aliphatic rings. The minimum absolute atomic E-state index is 0.167. The van der Waals surface area contributed by atoms with Gasteiger partial charge in [0.05, 0.1) is 11.4 Å². The van der Waals surface area contributed by atoms with Crippen LogP contribution in [0.1, 0.15) is 15.4 Å². The molecular weight excluding hydrogens is 382 g/mol. The van der Waals surface area contributed by atoms with E-state index in [0.29, 0.717) is 16.3 Å². The van der Waals surface area contributed by atoms with Gasteiger partial charge in [0.15, 0.2) is 11.8 Å². The number of rotatable bonds is 5. The van der Waals surface area contributed by atoms with Crippen molar-refractivity contribution in [1.29, 1.82) is 0 Å². The Kier molecular flexibility index (Phi) is 5.42. The van der Waals surface area contributed by atoms with Crippen molar-refractivity contribution < 1.29 is 14.3 Å². The zero-order valence-electron chi connectivity index (χ0n) is 13.0. The van der Waals surface area contributed by atoms with Crippen LogP contribution >= 0.6 is 34.3 Å². The van der Waals surface area contributed by atoms with Gasteiger partial charge in [-0.2, -0.15) is 11.3 Å². The zero-order chi connectivity index (χ0) is 17.8. The van der Waals surface area contributed by atoms with Crippen molar-refractivity contribution in [2.24, 2.45) is 0 Å². The monoisotopic (exact) mass is 393 g/mol. The van der Waals surface area contributed by atoms with E-state index in [1.165, 1.54) is 17.5 Å². The minimum Gasteiger partial charge on any atom is -0.451 e. The maximum absolute atomic E-state index is 12.2. The summed E-state index contributed by atoms with van der Waals surface area (Å²) in [5.41, 5.74) is 1.90. The van der Waals surface area contributed by atoms with Crippen molar-refractivity contribution in [3.8, 4) is 10.6 Å². The van der Waals surface area contributed by atoms with Gasteiger partial charge in [0, 0.05) is 17.1 Å². The molecule has 0 aromatic carbocycles. The van der Waals surface area contributed by atoms with E-state index in [-0.39, 0.29) is 5.15 Å². The second-order valence-corrected chi connectivity index (χ2v) is 7.05. The number of esters is 1. The number of thiazole rings is 1. The maximum atomic E-state index is 12.2. The molecule has 0 spiro atoms. The number of amides is 1. The van der Waals surface area contributed by atoms with E-state index >= 15 is 0 Å². The minimum atomic E-state index is -0.580. The van der Waals surface area contributed by atoms with Gasteiger partial charge in [-0.15, -0.1) is 11.3 Å². The number of aromatic nitrogens is 2. The third-order valence-corrected chi connectivity index (χ3v) is 5.29. The van der Waals surface area contributed by atoms with Gasteiger partial charge < -0.3 is 10.1 Å². The Hall–Kier alpha value is -2.29. The molecule has 25 heavy (non-hydrogen) atoms. The quantitative estimate of drug-likeness (QED) is 0.523. The molecule has 3 heterocycles. The molecule has 0 atom stereocenters. The Labute approximate surface area is 156 Å². The lowest BCUT2D eigenvalue weighted by Gasteiger charge is -2.06. The first-order chi connectivity index (χ1) is 12.0. The molecule has 0 aliphatic heterocycles. The van der Waals surface area contributed by atoms with Crippen LogP contribution in [-0.4, -0.2) is 28.5 Å². The van der Waals surface area contributed by atoms with Crippen LogP contribution in [0.3, 0.4) is 0 Å². The highest BCUT2D eigenvalue weighted by atomic mass is 35.5. The lowest BCUT2D eigenvalue weighted by Crippen LogP contribution is -2.21. The summed E-state index contributed by atoms with van der Waals surface area (Å²) in [4.78, 5) is 32.7. The lowest BCUT2D eigenvalue weighted by atomic mass is 10.3. The molecule has 0 bridgehead atoms. The van der Waals surface area contributed by atoms with E-state index in [2.05, 4.69) is 15.3 Å². The summed E-state index contributed by atoms with van der Waals surface area (Å²) in [5, 5.41) is 7.35. The van der Waals surface area contributed by atoms with E-state index in [1.807, 2.05) is 16.8 Å². The Morgan fingerprint density at radius 2 is 2.20 bits per heavy atom. The summed E-state index contributed by atoms with van der Waals surface area (Å²) < 4.78 is 5.07. The third-order valence-electron chi connectivity index (χ3n) is 3.12. The molecule has 0 saturated carbocycles. The second kappa shape index (κ2) is 7.73. The predicted molar refractivity (Wildman–Crippen MR) is 98.3 cm³/mol. The Morgan fingerprint density at radius 3 is 2.92 bits per heavy atom. The van der Waals surface area contributed by atoms with Crippen LogP contribution in [0.5, 0.6) is 0 Å². The molecule has 3 aromatic rings. The largest absolute Gasteiger partial charge is 0.451 e. The van der Waals surface area contributed by atoms with E-state index in [4.69, 9.17) is 16.3 Å². The lowest BCUT2D eigenvalue weighted by molar-refractivity contribution is -0.119. The fourth-order valence-corrected chi connectivity index (χ4v) is 3.80. The van der Waals surface area contributed by atoms with Crippen molar-refractivity contribution in [3.05, 3.63) is 50.9 Å². The van der Waals surface area contributed by atoms with Crippen LogP contribution < -0.4 is 5.32 Å². The molecule has 128 valence electrons. The van der Waals surface area contributed by atoms with E-state index in [0.717, 1.165) is 10.6 Å². The van der Waals surface area contributed by atoms with Crippen LogP contribution in [-0.2, 0) is 9.53 Å². The summed E-state index contributed by atoms with van der Waals surface area (Å²) in [6.45, 7) is 1.31. The van der Waals surface area contributed by atoms with Gasteiger partial charge in [-0.3, -0.25) is 4.79 Å². The van der Waals surface area contributed by atoms with Gasteiger partial charge in [0.25, 0.3) is 5.91 Å². The third kappa shape index (κ3) is 4.22. The second-order valence-electron chi connectivity index (χ2n) is 4.91. The molecule has 0 fully saturated rings. The fourth-order valence-electron chi connectivity index (χ4n) is 1.96. The average molecular weight is 394 g/mol. The van der Waals surface area contributed by atoms with Gasteiger partial charge in [0.1, 0.15) is 9.88 Å². The van der Waals surface area contributed by atoms with Gasteiger partial charge in [-0.05, 0) is 30.5 Å². The number of nitrogens with zero attached hydrogens (tertiary/aromatic N) is 2. The molecule has 0 radical (unpaired) electrons. The van der Waals surface area contributed by atoms with Crippen LogP contribution in [0.25, 0.3) is 10.6 Å². The molecule has 0 aliphatic carbocycles. The van der Waals surface area contributed by atoms with E-state index in [1.54, 1.807) is 30.4 Å². The number of pyridine rings is 1. The number of carbonyl (C=O) groups is 2. The van der Waals surface area contributed by atoms with E-state index in [9.17, 15) is 9.59 Å². The van der Waals surface area contributed by atoms with Crippen LogP contribution in [0.15, 0.2) is 35.2 Å². The Balaban J connectivity index is 1.61. The number of carbonyl (C=O) groups excluding carboxylic acids is 2. The summed E-state index contributed by atoms with van der Waals surface area (Å²) in [5.74, 6) is -1.08. The van der Waals surface area contributed by atoms with Gasteiger partial charge >= 0.3 is 5.97 Å². The molecular formula is C16H12ClN3O3S2. The number of anilines is 1. The van der Waals surface area contributed by atoms with Gasteiger partial charge in [-0.1, -0.05) is 11.6 Å². The first kappa shape index (κ1) is 17.5. The zero-order valence-corrected chi connectivity index (χ0v) is 15.4. The highest BCUT2D eigenvalue weighted by Crippen LogP contribution is 2.29. The first-order valence-electron chi connectivity index (χ1n) is 7.12. The fraction of sp³-hybridized carbons (Fsp3) is 0.125. The number of nitrogens with one attached hydrogen (secondary N) is 1. The number of hydrogen-bond donors (Lipinski definition) is 1.